The lowest BCUT2D eigenvalue weighted by Gasteiger charge is -2.30. The summed E-state index contributed by atoms with van der Waals surface area (Å²) in [5, 5.41) is 0. The summed E-state index contributed by atoms with van der Waals surface area (Å²) in [7, 11) is 0. The number of rotatable bonds is 4. The average molecular weight is 396 g/mol. The van der Waals surface area contributed by atoms with Crippen LogP contribution in [0.15, 0.2) is 24.3 Å². The van der Waals surface area contributed by atoms with Gasteiger partial charge in [-0.2, -0.15) is 0 Å². The number of hydrogen-bond donors (Lipinski definition) is 0. The van der Waals surface area contributed by atoms with Gasteiger partial charge in [-0.1, -0.05) is 18.2 Å². The molecule has 152 valence electrons. The van der Waals surface area contributed by atoms with E-state index in [9.17, 15) is 14.0 Å². The second-order valence-electron chi connectivity index (χ2n) is 7.81. The van der Waals surface area contributed by atoms with Crippen LogP contribution >= 0.6 is 0 Å². The Labute approximate surface area is 169 Å². The summed E-state index contributed by atoms with van der Waals surface area (Å²) in [5.74, 6) is 1.23. The van der Waals surface area contributed by atoms with Crippen LogP contribution in [-0.4, -0.2) is 46.3 Å². The second kappa shape index (κ2) is 7.89. The smallest absolute Gasteiger partial charge is 0.228 e. The number of carbonyl (C=O) groups excluding carboxylic acids is 2. The summed E-state index contributed by atoms with van der Waals surface area (Å²) in [6, 6.07) is 6.65. The van der Waals surface area contributed by atoms with Crippen LogP contribution in [0.4, 0.5) is 10.2 Å². The minimum atomic E-state index is -0.257. The fourth-order valence-electron chi connectivity index (χ4n) is 4.21. The molecule has 2 aliphatic rings. The van der Waals surface area contributed by atoms with E-state index in [1.54, 1.807) is 30.0 Å². The largest absolute Gasteiger partial charge is 0.342 e. The predicted octanol–water partition coefficient (Wildman–Crippen LogP) is 2.78. The van der Waals surface area contributed by atoms with Crippen molar-refractivity contribution in [2.24, 2.45) is 0 Å². The molecular formula is C22H25FN4O2. The van der Waals surface area contributed by atoms with Crippen LogP contribution in [0.5, 0.6) is 0 Å². The van der Waals surface area contributed by atoms with Crippen molar-refractivity contribution < 1.29 is 14.0 Å². The molecule has 0 bridgehead atoms. The zero-order valence-electron chi connectivity index (χ0n) is 16.8. The van der Waals surface area contributed by atoms with Crippen LogP contribution in [0.2, 0.25) is 0 Å². The molecule has 0 saturated carbocycles. The fraction of sp³-hybridized carbons (Fsp3) is 0.455. The highest BCUT2D eigenvalue weighted by Gasteiger charge is 2.32. The third kappa shape index (κ3) is 3.86. The molecule has 29 heavy (non-hydrogen) atoms. The van der Waals surface area contributed by atoms with E-state index in [1.807, 2.05) is 11.8 Å². The van der Waals surface area contributed by atoms with Gasteiger partial charge in [-0.3, -0.25) is 14.5 Å². The van der Waals surface area contributed by atoms with Gasteiger partial charge in [0.25, 0.3) is 0 Å². The fourth-order valence-corrected chi connectivity index (χ4v) is 4.21. The van der Waals surface area contributed by atoms with Crippen LogP contribution in [0.1, 0.15) is 48.3 Å². The monoisotopic (exact) mass is 396 g/mol. The molecule has 2 aliphatic heterocycles. The highest BCUT2D eigenvalue weighted by molar-refractivity contribution is 5.95. The standard InChI is InChI=1S/C22H25FN4O2/c1-14-18-7-8-20(29)27(12-10-16-5-3-4-6-19(16)23)22(18)25-21(24-14)17-9-11-26(13-17)15(2)28/h3-6,17H,7-13H2,1-2H3/t17-/m1/s1. The Morgan fingerprint density at radius 3 is 2.76 bits per heavy atom. The first-order chi connectivity index (χ1) is 13.9. The van der Waals surface area contributed by atoms with Gasteiger partial charge in [0.1, 0.15) is 17.5 Å². The van der Waals surface area contributed by atoms with Gasteiger partial charge < -0.3 is 4.90 Å². The first kappa shape index (κ1) is 19.5. The summed E-state index contributed by atoms with van der Waals surface area (Å²) in [6.07, 6.45) is 2.29. The molecule has 0 unspecified atom stereocenters. The number of aromatic nitrogens is 2. The number of benzene rings is 1. The topological polar surface area (TPSA) is 66.4 Å². The zero-order chi connectivity index (χ0) is 20.5. The van der Waals surface area contributed by atoms with Crippen LogP contribution < -0.4 is 4.90 Å². The average Bonchev–Trinajstić information content (AvgIpc) is 3.19. The zero-order valence-corrected chi connectivity index (χ0v) is 16.8. The SMILES string of the molecule is CC(=O)N1CC[C@@H](c2nc(C)c3c(n2)N(CCc2ccccc2F)C(=O)CC3)C1. The van der Waals surface area contributed by atoms with E-state index in [2.05, 4.69) is 0 Å². The number of hydrogen-bond acceptors (Lipinski definition) is 4. The molecule has 1 aromatic carbocycles. The van der Waals surface area contributed by atoms with Crippen molar-refractivity contribution in [2.75, 3.05) is 24.5 Å². The lowest BCUT2D eigenvalue weighted by atomic mass is 10.0. The maximum absolute atomic E-state index is 14.0. The van der Waals surface area contributed by atoms with E-state index in [0.29, 0.717) is 56.1 Å². The van der Waals surface area contributed by atoms with Gasteiger partial charge in [0, 0.05) is 50.2 Å². The predicted molar refractivity (Wildman–Crippen MR) is 107 cm³/mol. The molecule has 0 radical (unpaired) electrons. The minimum absolute atomic E-state index is 0.00896. The van der Waals surface area contributed by atoms with Gasteiger partial charge in [-0.25, -0.2) is 14.4 Å². The Hall–Kier alpha value is -2.83. The third-order valence-electron chi connectivity index (χ3n) is 5.92. The molecule has 3 heterocycles. The summed E-state index contributed by atoms with van der Waals surface area (Å²) in [4.78, 5) is 37.3. The minimum Gasteiger partial charge on any atom is -0.342 e. The maximum atomic E-state index is 14.0. The Morgan fingerprint density at radius 1 is 1.24 bits per heavy atom. The molecule has 0 N–H and O–H groups in total. The van der Waals surface area contributed by atoms with Gasteiger partial charge >= 0.3 is 0 Å². The lowest BCUT2D eigenvalue weighted by molar-refractivity contribution is -0.127. The van der Waals surface area contributed by atoms with E-state index in [4.69, 9.17) is 9.97 Å². The number of amides is 2. The summed E-state index contributed by atoms with van der Waals surface area (Å²) >= 11 is 0. The maximum Gasteiger partial charge on any atom is 0.228 e. The Balaban J connectivity index is 1.61. The number of aryl methyl sites for hydroxylation is 1. The van der Waals surface area contributed by atoms with Crippen molar-refractivity contribution in [3.05, 3.63) is 52.7 Å². The molecule has 7 heteroatoms. The third-order valence-corrected chi connectivity index (χ3v) is 5.92. The van der Waals surface area contributed by atoms with Gasteiger partial charge in [-0.05, 0) is 37.8 Å². The molecule has 2 amide bonds. The number of nitrogens with zero attached hydrogens (tertiary/aromatic N) is 4. The summed E-state index contributed by atoms with van der Waals surface area (Å²) in [5.41, 5.74) is 2.46. The van der Waals surface area contributed by atoms with Crippen molar-refractivity contribution >= 4 is 17.6 Å². The van der Waals surface area contributed by atoms with Crippen molar-refractivity contribution in [3.8, 4) is 0 Å². The first-order valence-corrected chi connectivity index (χ1v) is 10.1. The molecule has 1 aromatic heterocycles. The second-order valence-corrected chi connectivity index (χ2v) is 7.81. The molecule has 1 atom stereocenters. The van der Waals surface area contributed by atoms with Crippen LogP contribution in [0.25, 0.3) is 0 Å². The Morgan fingerprint density at radius 2 is 2.03 bits per heavy atom. The van der Waals surface area contributed by atoms with E-state index in [1.165, 1.54) is 6.07 Å². The Kier molecular flexibility index (Phi) is 5.30. The van der Waals surface area contributed by atoms with Gasteiger partial charge in [0.05, 0.1) is 0 Å². The van der Waals surface area contributed by atoms with Crippen molar-refractivity contribution in [2.45, 2.75) is 45.4 Å². The van der Waals surface area contributed by atoms with Crippen molar-refractivity contribution in [1.82, 2.24) is 14.9 Å². The molecule has 4 rings (SSSR count). The molecule has 0 spiro atoms. The van der Waals surface area contributed by atoms with Crippen LogP contribution in [0, 0.1) is 12.7 Å². The first-order valence-electron chi connectivity index (χ1n) is 10.1. The van der Waals surface area contributed by atoms with Crippen LogP contribution in [-0.2, 0) is 22.4 Å². The highest BCUT2D eigenvalue weighted by atomic mass is 19.1. The van der Waals surface area contributed by atoms with Gasteiger partial charge in [0.2, 0.25) is 11.8 Å². The molecule has 2 aromatic rings. The summed E-state index contributed by atoms with van der Waals surface area (Å²) < 4.78 is 14.0. The molecular weight excluding hydrogens is 371 g/mol. The van der Waals surface area contributed by atoms with Gasteiger partial charge in [0.15, 0.2) is 0 Å². The number of halogens is 1. The number of anilines is 1. The molecule has 0 aliphatic carbocycles. The van der Waals surface area contributed by atoms with Crippen molar-refractivity contribution in [1.29, 1.82) is 0 Å². The van der Waals surface area contributed by atoms with E-state index in [-0.39, 0.29) is 23.5 Å². The van der Waals surface area contributed by atoms with Crippen molar-refractivity contribution in [3.63, 3.8) is 0 Å². The van der Waals surface area contributed by atoms with E-state index < -0.39 is 0 Å². The molecule has 1 fully saturated rings. The van der Waals surface area contributed by atoms with Crippen LogP contribution in [0.3, 0.4) is 0 Å². The Bertz CT molecular complexity index is 962. The quantitative estimate of drug-likeness (QED) is 0.797. The van der Waals surface area contributed by atoms with Gasteiger partial charge in [-0.15, -0.1) is 0 Å². The van der Waals surface area contributed by atoms with E-state index >= 15 is 0 Å². The number of likely N-dealkylation sites (tertiary alicyclic amines) is 1. The molecule has 1 saturated heterocycles. The number of carbonyl (C=O) groups is 2. The highest BCUT2D eigenvalue weighted by Crippen LogP contribution is 2.32. The normalized spacial score (nSPS) is 18.9. The molecule has 6 nitrogen and oxygen atoms in total. The van der Waals surface area contributed by atoms with E-state index in [0.717, 1.165) is 17.7 Å². The lowest BCUT2D eigenvalue weighted by Crippen LogP contribution is -2.38. The summed E-state index contributed by atoms with van der Waals surface area (Å²) in [6.45, 7) is 5.22. The number of fused-ring (bicyclic) bond motifs is 1.